The van der Waals surface area contributed by atoms with Crippen molar-refractivity contribution in [2.45, 2.75) is 6.42 Å². The maximum Gasteiger partial charge on any atom is 0.112 e. The Balaban J connectivity index is 2.35. The van der Waals surface area contributed by atoms with Crippen molar-refractivity contribution < 1.29 is 0 Å². The summed E-state index contributed by atoms with van der Waals surface area (Å²) in [6, 6.07) is 3.84. The van der Waals surface area contributed by atoms with E-state index >= 15 is 0 Å². The second-order valence-electron chi connectivity index (χ2n) is 3.26. The van der Waals surface area contributed by atoms with E-state index in [0.29, 0.717) is 6.42 Å². The van der Waals surface area contributed by atoms with E-state index < -0.39 is 0 Å². The lowest BCUT2D eigenvalue weighted by Crippen LogP contribution is -2.01. The number of aromatic nitrogens is 2. The molecule has 0 aliphatic carbocycles. The van der Waals surface area contributed by atoms with Crippen LogP contribution in [0.5, 0.6) is 0 Å². The second-order valence-corrected chi connectivity index (χ2v) is 4.18. The van der Waals surface area contributed by atoms with E-state index in [-0.39, 0.29) is 0 Å². The Morgan fingerprint density at radius 1 is 1.44 bits per heavy atom. The zero-order valence-electron chi connectivity index (χ0n) is 8.57. The lowest BCUT2D eigenvalue weighted by molar-refractivity contribution is 1.10. The number of anilines is 1. The van der Waals surface area contributed by atoms with E-state index in [2.05, 4.69) is 37.1 Å². The molecule has 0 spiro atoms. The van der Waals surface area contributed by atoms with Crippen LogP contribution < -0.4 is 5.32 Å². The Labute approximate surface area is 102 Å². The van der Waals surface area contributed by atoms with Gasteiger partial charge >= 0.3 is 0 Å². The third-order valence-electron chi connectivity index (χ3n) is 2.13. The minimum absolute atomic E-state index is 0.695. The molecule has 0 atom stereocenters. The number of terminal acetylenes is 1. The fourth-order valence-electron chi connectivity index (χ4n) is 1.42. The molecule has 0 aliphatic rings. The molecule has 3 nitrogen and oxygen atoms in total. The van der Waals surface area contributed by atoms with Crippen molar-refractivity contribution in [3.63, 3.8) is 0 Å². The molecule has 2 aromatic rings. The first-order chi connectivity index (χ1) is 7.81. The minimum Gasteiger partial charge on any atom is -0.382 e. The van der Waals surface area contributed by atoms with Crippen LogP contribution >= 0.6 is 15.9 Å². The fourth-order valence-corrected chi connectivity index (χ4v) is 1.74. The molecular formula is C12H10BrN3. The molecule has 0 aromatic carbocycles. The first-order valence-corrected chi connectivity index (χ1v) is 5.68. The average Bonchev–Trinajstić information content (AvgIpc) is 2.29. The number of rotatable bonds is 3. The van der Waals surface area contributed by atoms with Gasteiger partial charge in [0.2, 0.25) is 0 Å². The largest absolute Gasteiger partial charge is 0.382 e. The summed E-state index contributed by atoms with van der Waals surface area (Å²) >= 11 is 3.37. The molecule has 0 amide bonds. The molecular weight excluding hydrogens is 266 g/mol. The summed E-state index contributed by atoms with van der Waals surface area (Å²) in [6.07, 6.45) is 9.41. The summed E-state index contributed by atoms with van der Waals surface area (Å²) in [5, 5.41) is 3.25. The SMILES string of the molecule is C#CCCNc1ccnc2cc(Br)cnc12. The third kappa shape index (κ3) is 2.31. The molecule has 80 valence electrons. The van der Waals surface area contributed by atoms with Gasteiger partial charge in [0.1, 0.15) is 5.52 Å². The fraction of sp³-hybridized carbons (Fsp3) is 0.167. The van der Waals surface area contributed by atoms with Crippen LogP contribution in [0.2, 0.25) is 0 Å². The van der Waals surface area contributed by atoms with Crippen LogP contribution in [-0.4, -0.2) is 16.5 Å². The topological polar surface area (TPSA) is 37.8 Å². The third-order valence-corrected chi connectivity index (χ3v) is 2.56. The van der Waals surface area contributed by atoms with Gasteiger partial charge < -0.3 is 5.32 Å². The van der Waals surface area contributed by atoms with E-state index in [0.717, 1.165) is 27.7 Å². The Morgan fingerprint density at radius 3 is 3.12 bits per heavy atom. The predicted octanol–water partition coefficient (Wildman–Crippen LogP) is 2.83. The van der Waals surface area contributed by atoms with E-state index in [1.54, 1.807) is 12.4 Å². The Hall–Kier alpha value is -1.60. The first-order valence-electron chi connectivity index (χ1n) is 4.89. The summed E-state index contributed by atoms with van der Waals surface area (Å²) in [4.78, 5) is 8.59. The lowest BCUT2D eigenvalue weighted by Gasteiger charge is -2.06. The number of nitrogens with one attached hydrogen (secondary N) is 1. The second kappa shape index (κ2) is 4.95. The highest BCUT2D eigenvalue weighted by Crippen LogP contribution is 2.21. The summed E-state index contributed by atoms with van der Waals surface area (Å²) in [5.41, 5.74) is 2.69. The van der Waals surface area contributed by atoms with E-state index in [9.17, 15) is 0 Å². The van der Waals surface area contributed by atoms with Crippen molar-refractivity contribution >= 4 is 32.7 Å². The van der Waals surface area contributed by atoms with Crippen LogP contribution in [0.4, 0.5) is 5.69 Å². The number of pyridine rings is 2. The molecule has 0 saturated carbocycles. The zero-order chi connectivity index (χ0) is 11.4. The van der Waals surface area contributed by atoms with Gasteiger partial charge in [-0.05, 0) is 28.1 Å². The van der Waals surface area contributed by atoms with Gasteiger partial charge in [-0.2, -0.15) is 0 Å². The Bertz CT molecular complexity index is 545. The molecule has 0 aliphatic heterocycles. The van der Waals surface area contributed by atoms with E-state index in [1.165, 1.54) is 0 Å². The molecule has 2 heterocycles. The number of fused-ring (bicyclic) bond motifs is 1. The van der Waals surface area contributed by atoms with E-state index in [1.807, 2.05) is 12.1 Å². The molecule has 4 heteroatoms. The molecule has 0 saturated heterocycles. The molecule has 0 bridgehead atoms. The van der Waals surface area contributed by atoms with Gasteiger partial charge in [0.15, 0.2) is 0 Å². The van der Waals surface area contributed by atoms with E-state index in [4.69, 9.17) is 6.42 Å². The van der Waals surface area contributed by atoms with Gasteiger partial charge in [0.05, 0.1) is 11.2 Å². The Morgan fingerprint density at radius 2 is 2.31 bits per heavy atom. The van der Waals surface area contributed by atoms with Gasteiger partial charge in [-0.1, -0.05) is 0 Å². The molecule has 2 rings (SSSR count). The number of hydrogen-bond acceptors (Lipinski definition) is 3. The molecule has 16 heavy (non-hydrogen) atoms. The highest BCUT2D eigenvalue weighted by atomic mass is 79.9. The molecule has 2 aromatic heterocycles. The normalized spacial score (nSPS) is 10.0. The highest BCUT2D eigenvalue weighted by molar-refractivity contribution is 9.10. The molecule has 0 radical (unpaired) electrons. The van der Waals surface area contributed by atoms with Crippen LogP contribution in [0.1, 0.15) is 6.42 Å². The summed E-state index contributed by atoms with van der Waals surface area (Å²) in [7, 11) is 0. The first kappa shape index (κ1) is 10.9. The van der Waals surface area contributed by atoms with Gasteiger partial charge in [-0.3, -0.25) is 9.97 Å². The number of halogens is 1. The van der Waals surface area contributed by atoms with Crippen molar-refractivity contribution in [3.8, 4) is 12.3 Å². The molecule has 0 fully saturated rings. The summed E-state index contributed by atoms with van der Waals surface area (Å²) in [5.74, 6) is 2.59. The van der Waals surface area contributed by atoms with Gasteiger partial charge in [-0.15, -0.1) is 12.3 Å². The van der Waals surface area contributed by atoms with Crippen LogP contribution in [0.3, 0.4) is 0 Å². The van der Waals surface area contributed by atoms with Crippen molar-refractivity contribution in [2.24, 2.45) is 0 Å². The molecule has 1 N–H and O–H groups in total. The monoisotopic (exact) mass is 275 g/mol. The number of nitrogens with zero attached hydrogens (tertiary/aromatic N) is 2. The van der Waals surface area contributed by atoms with Crippen molar-refractivity contribution in [3.05, 3.63) is 29.0 Å². The lowest BCUT2D eigenvalue weighted by atomic mass is 10.3. The summed E-state index contributed by atoms with van der Waals surface area (Å²) in [6.45, 7) is 0.743. The van der Waals surface area contributed by atoms with Gasteiger partial charge in [0.25, 0.3) is 0 Å². The van der Waals surface area contributed by atoms with Crippen LogP contribution in [-0.2, 0) is 0 Å². The number of hydrogen-bond donors (Lipinski definition) is 1. The maximum absolute atomic E-state index is 5.20. The summed E-state index contributed by atoms with van der Waals surface area (Å²) < 4.78 is 0.924. The van der Waals surface area contributed by atoms with Crippen molar-refractivity contribution in [1.29, 1.82) is 0 Å². The van der Waals surface area contributed by atoms with Gasteiger partial charge in [-0.25, -0.2) is 0 Å². The van der Waals surface area contributed by atoms with Crippen LogP contribution in [0, 0.1) is 12.3 Å². The highest BCUT2D eigenvalue weighted by Gasteiger charge is 2.02. The zero-order valence-corrected chi connectivity index (χ0v) is 10.2. The van der Waals surface area contributed by atoms with Crippen molar-refractivity contribution in [2.75, 3.05) is 11.9 Å². The standard InChI is InChI=1S/C12H10BrN3/c1-2-3-5-14-10-4-6-15-11-7-9(13)8-16-12(10)11/h1,4,6-8H,3,5H2,(H,14,15). The minimum atomic E-state index is 0.695. The smallest absolute Gasteiger partial charge is 0.112 e. The van der Waals surface area contributed by atoms with Crippen LogP contribution in [0.25, 0.3) is 11.0 Å². The van der Waals surface area contributed by atoms with Crippen LogP contribution in [0.15, 0.2) is 29.0 Å². The average molecular weight is 276 g/mol. The van der Waals surface area contributed by atoms with Crippen molar-refractivity contribution in [1.82, 2.24) is 9.97 Å². The molecule has 0 unspecified atom stereocenters. The maximum atomic E-state index is 5.20. The van der Waals surface area contributed by atoms with Gasteiger partial charge in [0, 0.05) is 29.8 Å². The quantitative estimate of drug-likeness (QED) is 0.692. The predicted molar refractivity (Wildman–Crippen MR) is 69.2 cm³/mol. The Kier molecular flexibility index (Phi) is 3.37.